The molecule has 1 heterocycles. The Morgan fingerprint density at radius 3 is 2.89 bits per heavy atom. The fourth-order valence-corrected chi connectivity index (χ4v) is 1.75. The second-order valence-corrected chi connectivity index (χ2v) is 4.20. The number of hydrogen-bond acceptors (Lipinski definition) is 3. The number of halogens is 1. The van der Waals surface area contributed by atoms with Gasteiger partial charge in [0.1, 0.15) is 12.4 Å². The molecule has 0 radical (unpaired) electrons. The third-order valence-corrected chi connectivity index (χ3v) is 2.87. The number of benzene rings is 1. The smallest absolute Gasteiger partial charge is 0.157 e. The molecule has 5 heteroatoms. The van der Waals surface area contributed by atoms with E-state index in [2.05, 4.69) is 5.10 Å². The van der Waals surface area contributed by atoms with Crippen LogP contribution in [0.5, 0.6) is 11.5 Å². The standard InChI is InChI=1S/C13H15ClN2O2/c1-3-16-8-11(7-15-16)18-9-10-4-5-12(14)13(6-10)17-2/h4-8H,3,9H2,1-2H3. The zero-order chi connectivity index (χ0) is 13.0. The van der Waals surface area contributed by atoms with E-state index in [0.29, 0.717) is 17.4 Å². The Kier molecular flexibility index (Phi) is 4.10. The van der Waals surface area contributed by atoms with Crippen LogP contribution in [0, 0.1) is 0 Å². The fraction of sp³-hybridized carbons (Fsp3) is 0.308. The van der Waals surface area contributed by atoms with E-state index in [1.54, 1.807) is 19.4 Å². The van der Waals surface area contributed by atoms with Crippen LogP contribution in [-0.4, -0.2) is 16.9 Å². The molecule has 2 rings (SSSR count). The van der Waals surface area contributed by atoms with Gasteiger partial charge in [0.15, 0.2) is 5.75 Å². The summed E-state index contributed by atoms with van der Waals surface area (Å²) >= 11 is 5.96. The summed E-state index contributed by atoms with van der Waals surface area (Å²) in [6.45, 7) is 3.32. The highest BCUT2D eigenvalue weighted by Gasteiger charge is 2.03. The van der Waals surface area contributed by atoms with Gasteiger partial charge in [-0.2, -0.15) is 5.10 Å². The molecule has 0 aliphatic rings. The van der Waals surface area contributed by atoms with E-state index < -0.39 is 0 Å². The Labute approximate surface area is 111 Å². The lowest BCUT2D eigenvalue weighted by molar-refractivity contribution is 0.305. The van der Waals surface area contributed by atoms with E-state index in [0.717, 1.165) is 17.9 Å². The summed E-state index contributed by atoms with van der Waals surface area (Å²) in [6.07, 6.45) is 3.57. The van der Waals surface area contributed by atoms with Crippen LogP contribution < -0.4 is 9.47 Å². The summed E-state index contributed by atoms with van der Waals surface area (Å²) < 4.78 is 12.6. The van der Waals surface area contributed by atoms with Gasteiger partial charge in [-0.15, -0.1) is 0 Å². The Balaban J connectivity index is 2.01. The van der Waals surface area contributed by atoms with Gasteiger partial charge in [0.2, 0.25) is 0 Å². The van der Waals surface area contributed by atoms with E-state index >= 15 is 0 Å². The SMILES string of the molecule is CCn1cc(OCc2ccc(Cl)c(OC)c2)cn1. The summed E-state index contributed by atoms with van der Waals surface area (Å²) in [4.78, 5) is 0. The average molecular weight is 267 g/mol. The highest BCUT2D eigenvalue weighted by atomic mass is 35.5. The quantitative estimate of drug-likeness (QED) is 0.834. The summed E-state index contributed by atoms with van der Waals surface area (Å²) in [6, 6.07) is 5.58. The fourth-order valence-electron chi connectivity index (χ4n) is 1.55. The molecule has 0 spiro atoms. The van der Waals surface area contributed by atoms with Crippen molar-refractivity contribution in [3.05, 3.63) is 41.2 Å². The van der Waals surface area contributed by atoms with Gasteiger partial charge in [-0.1, -0.05) is 17.7 Å². The van der Waals surface area contributed by atoms with Gasteiger partial charge in [0, 0.05) is 6.54 Å². The molecule has 0 aliphatic carbocycles. The van der Waals surface area contributed by atoms with Crippen molar-refractivity contribution in [3.63, 3.8) is 0 Å². The van der Waals surface area contributed by atoms with E-state index in [9.17, 15) is 0 Å². The lowest BCUT2D eigenvalue weighted by Gasteiger charge is -2.07. The zero-order valence-electron chi connectivity index (χ0n) is 10.4. The lowest BCUT2D eigenvalue weighted by Crippen LogP contribution is -1.96. The minimum atomic E-state index is 0.461. The molecule has 1 aromatic carbocycles. The summed E-state index contributed by atoms with van der Waals surface area (Å²) in [5.41, 5.74) is 1.00. The van der Waals surface area contributed by atoms with Crippen LogP contribution in [0.4, 0.5) is 0 Å². The second-order valence-electron chi connectivity index (χ2n) is 3.79. The molecule has 2 aromatic rings. The monoisotopic (exact) mass is 266 g/mol. The minimum absolute atomic E-state index is 0.461. The number of nitrogens with zero attached hydrogens (tertiary/aromatic N) is 2. The van der Waals surface area contributed by atoms with Crippen molar-refractivity contribution in [2.24, 2.45) is 0 Å². The molecule has 0 aliphatic heterocycles. The molecule has 1 aromatic heterocycles. The Hall–Kier alpha value is -1.68. The van der Waals surface area contributed by atoms with Crippen molar-refractivity contribution in [1.82, 2.24) is 9.78 Å². The van der Waals surface area contributed by atoms with Crippen LogP contribution in [0.3, 0.4) is 0 Å². The molecular weight excluding hydrogens is 252 g/mol. The lowest BCUT2D eigenvalue weighted by atomic mass is 10.2. The van der Waals surface area contributed by atoms with Gasteiger partial charge in [0.25, 0.3) is 0 Å². The van der Waals surface area contributed by atoms with Crippen LogP contribution in [0.1, 0.15) is 12.5 Å². The van der Waals surface area contributed by atoms with Crippen LogP contribution in [0.15, 0.2) is 30.6 Å². The first-order valence-corrected chi connectivity index (χ1v) is 6.08. The number of rotatable bonds is 5. The van der Waals surface area contributed by atoms with Crippen molar-refractivity contribution in [2.45, 2.75) is 20.1 Å². The van der Waals surface area contributed by atoms with Crippen molar-refractivity contribution in [1.29, 1.82) is 0 Å². The maximum absolute atomic E-state index is 5.96. The first-order chi connectivity index (χ1) is 8.72. The summed E-state index contributed by atoms with van der Waals surface area (Å²) in [5, 5.41) is 4.74. The second kappa shape index (κ2) is 5.78. The van der Waals surface area contributed by atoms with E-state index in [1.165, 1.54) is 0 Å². The first kappa shape index (κ1) is 12.8. The molecule has 0 saturated heterocycles. The van der Waals surface area contributed by atoms with E-state index in [-0.39, 0.29) is 0 Å². The molecule has 0 atom stereocenters. The van der Waals surface area contributed by atoms with Crippen LogP contribution in [0.2, 0.25) is 5.02 Å². The number of ether oxygens (including phenoxy) is 2. The predicted octanol–water partition coefficient (Wildman–Crippen LogP) is 3.14. The summed E-state index contributed by atoms with van der Waals surface area (Å²) in [7, 11) is 1.59. The number of hydrogen-bond donors (Lipinski definition) is 0. The van der Waals surface area contributed by atoms with Gasteiger partial charge in [-0.25, -0.2) is 0 Å². The molecule has 96 valence electrons. The highest BCUT2D eigenvalue weighted by molar-refractivity contribution is 6.32. The Morgan fingerprint density at radius 1 is 1.39 bits per heavy atom. The Bertz CT molecular complexity index is 525. The normalized spacial score (nSPS) is 10.4. The van der Waals surface area contributed by atoms with Gasteiger partial charge in [-0.3, -0.25) is 4.68 Å². The van der Waals surface area contributed by atoms with Gasteiger partial charge < -0.3 is 9.47 Å². The van der Waals surface area contributed by atoms with Gasteiger partial charge in [0.05, 0.1) is 24.5 Å². The minimum Gasteiger partial charge on any atom is -0.495 e. The maximum Gasteiger partial charge on any atom is 0.157 e. The molecule has 0 saturated carbocycles. The number of methoxy groups -OCH3 is 1. The molecule has 0 N–H and O–H groups in total. The highest BCUT2D eigenvalue weighted by Crippen LogP contribution is 2.25. The molecule has 0 unspecified atom stereocenters. The largest absolute Gasteiger partial charge is 0.495 e. The molecule has 0 fully saturated rings. The third-order valence-electron chi connectivity index (χ3n) is 2.55. The molecule has 18 heavy (non-hydrogen) atoms. The van der Waals surface area contributed by atoms with E-state index in [4.69, 9.17) is 21.1 Å². The van der Waals surface area contributed by atoms with Crippen LogP contribution in [-0.2, 0) is 13.2 Å². The number of aryl methyl sites for hydroxylation is 1. The topological polar surface area (TPSA) is 36.3 Å². The molecule has 0 amide bonds. The van der Waals surface area contributed by atoms with E-state index in [1.807, 2.05) is 29.9 Å². The number of aromatic nitrogens is 2. The molecule has 0 bridgehead atoms. The summed E-state index contributed by atoms with van der Waals surface area (Å²) in [5.74, 6) is 1.41. The maximum atomic E-state index is 5.96. The molecular formula is C13H15ClN2O2. The molecule has 4 nitrogen and oxygen atoms in total. The van der Waals surface area contributed by atoms with Crippen molar-refractivity contribution < 1.29 is 9.47 Å². The zero-order valence-corrected chi connectivity index (χ0v) is 11.1. The van der Waals surface area contributed by atoms with Crippen molar-refractivity contribution in [3.8, 4) is 11.5 Å². The van der Waals surface area contributed by atoms with Crippen LogP contribution in [0.25, 0.3) is 0 Å². The Morgan fingerprint density at radius 2 is 2.22 bits per heavy atom. The van der Waals surface area contributed by atoms with Crippen LogP contribution >= 0.6 is 11.6 Å². The van der Waals surface area contributed by atoms with Crippen molar-refractivity contribution in [2.75, 3.05) is 7.11 Å². The predicted molar refractivity (Wildman–Crippen MR) is 70.2 cm³/mol. The first-order valence-electron chi connectivity index (χ1n) is 5.70. The average Bonchev–Trinajstić information content (AvgIpc) is 2.86. The van der Waals surface area contributed by atoms with Gasteiger partial charge >= 0.3 is 0 Å². The van der Waals surface area contributed by atoms with Crippen molar-refractivity contribution >= 4 is 11.6 Å². The van der Waals surface area contributed by atoms with Gasteiger partial charge in [-0.05, 0) is 24.6 Å². The third kappa shape index (κ3) is 2.96.